The molecule has 1 aliphatic rings. The molecule has 0 bridgehead atoms. The molecule has 3 heteroatoms. The van der Waals surface area contributed by atoms with Gasteiger partial charge < -0.3 is 9.84 Å². The van der Waals surface area contributed by atoms with E-state index in [4.69, 9.17) is 4.74 Å². The molecule has 82 valence electrons. The molecule has 0 aliphatic carbocycles. The predicted octanol–water partition coefficient (Wildman–Crippen LogP) is 2.67. The quantitative estimate of drug-likeness (QED) is 0.795. The van der Waals surface area contributed by atoms with Gasteiger partial charge in [0.05, 0.1) is 13.2 Å². The molecular formula is C12H16O2S. The largest absolute Gasteiger partial charge is 0.496 e. The van der Waals surface area contributed by atoms with Gasteiger partial charge >= 0.3 is 0 Å². The lowest BCUT2D eigenvalue weighted by molar-refractivity contribution is 0.174. The van der Waals surface area contributed by atoms with Crippen molar-refractivity contribution in [2.75, 3.05) is 12.9 Å². The second-order valence-corrected chi connectivity index (χ2v) is 4.94. The van der Waals surface area contributed by atoms with Gasteiger partial charge in [-0.15, -0.1) is 0 Å². The molecule has 0 saturated heterocycles. The van der Waals surface area contributed by atoms with E-state index in [9.17, 15) is 5.11 Å². The SMILES string of the molecule is COc1ccc(C)c2c1CSCC[C@@H]2O. The van der Waals surface area contributed by atoms with Gasteiger partial charge in [0.1, 0.15) is 5.75 Å². The molecule has 1 atom stereocenters. The summed E-state index contributed by atoms with van der Waals surface area (Å²) in [6.07, 6.45) is 0.510. The number of hydrogen-bond acceptors (Lipinski definition) is 3. The third-order valence-corrected chi connectivity index (χ3v) is 3.88. The van der Waals surface area contributed by atoms with Gasteiger partial charge in [0.25, 0.3) is 0 Å². The fourth-order valence-corrected chi connectivity index (χ4v) is 3.12. The monoisotopic (exact) mass is 224 g/mol. The summed E-state index contributed by atoms with van der Waals surface area (Å²) in [5, 5.41) is 10.1. The van der Waals surface area contributed by atoms with Crippen molar-refractivity contribution in [3.8, 4) is 5.75 Å². The van der Waals surface area contributed by atoms with Crippen LogP contribution in [0.3, 0.4) is 0 Å². The second-order valence-electron chi connectivity index (χ2n) is 3.83. The summed E-state index contributed by atoms with van der Waals surface area (Å²) in [5.74, 6) is 2.86. The predicted molar refractivity (Wildman–Crippen MR) is 63.5 cm³/mol. The van der Waals surface area contributed by atoms with Crippen LogP contribution >= 0.6 is 11.8 Å². The highest BCUT2D eigenvalue weighted by molar-refractivity contribution is 7.98. The Morgan fingerprint density at radius 2 is 2.27 bits per heavy atom. The van der Waals surface area contributed by atoms with Crippen LogP contribution in [0.4, 0.5) is 0 Å². The molecular weight excluding hydrogens is 208 g/mol. The van der Waals surface area contributed by atoms with Crippen molar-refractivity contribution in [1.82, 2.24) is 0 Å². The van der Waals surface area contributed by atoms with Crippen molar-refractivity contribution >= 4 is 11.8 Å². The van der Waals surface area contributed by atoms with Crippen LogP contribution < -0.4 is 4.74 Å². The minimum atomic E-state index is -0.329. The van der Waals surface area contributed by atoms with Crippen LogP contribution in [0.5, 0.6) is 5.75 Å². The Morgan fingerprint density at radius 1 is 1.47 bits per heavy atom. The van der Waals surface area contributed by atoms with Gasteiger partial charge in [0.2, 0.25) is 0 Å². The lowest BCUT2D eigenvalue weighted by Crippen LogP contribution is -2.04. The number of thioether (sulfide) groups is 1. The second kappa shape index (κ2) is 4.45. The molecule has 0 fully saturated rings. The molecule has 1 N–H and O–H groups in total. The third-order valence-electron chi connectivity index (χ3n) is 2.87. The molecule has 1 aromatic carbocycles. The van der Waals surface area contributed by atoms with Crippen molar-refractivity contribution in [2.24, 2.45) is 0 Å². The van der Waals surface area contributed by atoms with Crippen molar-refractivity contribution in [3.05, 3.63) is 28.8 Å². The topological polar surface area (TPSA) is 29.5 Å². The Morgan fingerprint density at radius 3 is 3.00 bits per heavy atom. The van der Waals surface area contributed by atoms with Crippen LogP contribution in [-0.2, 0) is 5.75 Å². The van der Waals surface area contributed by atoms with Crippen molar-refractivity contribution in [1.29, 1.82) is 0 Å². The number of ether oxygens (including phenoxy) is 1. The molecule has 0 aromatic heterocycles. The number of fused-ring (bicyclic) bond motifs is 1. The number of rotatable bonds is 1. The first-order valence-electron chi connectivity index (χ1n) is 5.16. The maximum absolute atomic E-state index is 10.1. The molecule has 2 rings (SSSR count). The maximum Gasteiger partial charge on any atom is 0.123 e. The van der Waals surface area contributed by atoms with E-state index in [0.717, 1.165) is 29.2 Å². The molecule has 1 aliphatic heterocycles. The summed E-state index contributed by atoms with van der Waals surface area (Å²) in [6.45, 7) is 2.05. The average molecular weight is 224 g/mol. The summed E-state index contributed by atoms with van der Waals surface area (Å²) < 4.78 is 5.35. The Bertz CT molecular complexity index is 363. The van der Waals surface area contributed by atoms with E-state index in [1.165, 1.54) is 11.1 Å². The minimum absolute atomic E-state index is 0.329. The van der Waals surface area contributed by atoms with E-state index in [-0.39, 0.29) is 6.10 Å². The highest BCUT2D eigenvalue weighted by atomic mass is 32.2. The first-order valence-corrected chi connectivity index (χ1v) is 6.31. The van der Waals surface area contributed by atoms with Gasteiger partial charge in [-0.05, 0) is 36.3 Å². The minimum Gasteiger partial charge on any atom is -0.496 e. The summed E-state index contributed by atoms with van der Waals surface area (Å²) in [4.78, 5) is 0. The van der Waals surface area contributed by atoms with Crippen LogP contribution in [0, 0.1) is 6.92 Å². The van der Waals surface area contributed by atoms with Gasteiger partial charge in [0.15, 0.2) is 0 Å². The lowest BCUT2D eigenvalue weighted by atomic mass is 9.96. The Balaban J connectivity index is 2.55. The van der Waals surface area contributed by atoms with Gasteiger partial charge in [0, 0.05) is 11.3 Å². The van der Waals surface area contributed by atoms with E-state index in [2.05, 4.69) is 6.92 Å². The molecule has 15 heavy (non-hydrogen) atoms. The molecule has 0 unspecified atom stereocenters. The fourth-order valence-electron chi connectivity index (χ4n) is 2.08. The smallest absolute Gasteiger partial charge is 0.123 e. The van der Waals surface area contributed by atoms with Gasteiger partial charge in [-0.1, -0.05) is 6.07 Å². The highest BCUT2D eigenvalue weighted by Crippen LogP contribution is 2.37. The molecule has 2 nitrogen and oxygen atoms in total. The molecule has 1 aromatic rings. The van der Waals surface area contributed by atoms with E-state index in [1.54, 1.807) is 7.11 Å². The van der Waals surface area contributed by atoms with E-state index in [1.807, 2.05) is 23.9 Å². The molecule has 0 spiro atoms. The maximum atomic E-state index is 10.1. The van der Waals surface area contributed by atoms with Crippen molar-refractivity contribution < 1.29 is 9.84 Å². The van der Waals surface area contributed by atoms with Gasteiger partial charge in [-0.2, -0.15) is 11.8 Å². The van der Waals surface area contributed by atoms with Crippen LogP contribution in [0.15, 0.2) is 12.1 Å². The number of aliphatic hydroxyl groups excluding tert-OH is 1. The highest BCUT2D eigenvalue weighted by Gasteiger charge is 2.21. The number of aryl methyl sites for hydroxylation is 1. The average Bonchev–Trinajstić information content (AvgIpc) is 2.42. The zero-order valence-electron chi connectivity index (χ0n) is 9.12. The molecule has 1 heterocycles. The van der Waals surface area contributed by atoms with Crippen LogP contribution in [0.2, 0.25) is 0 Å². The van der Waals surface area contributed by atoms with Crippen LogP contribution in [0.25, 0.3) is 0 Å². The lowest BCUT2D eigenvalue weighted by Gasteiger charge is -2.17. The summed E-state index contributed by atoms with van der Waals surface area (Å²) >= 11 is 1.86. The van der Waals surface area contributed by atoms with E-state index < -0.39 is 0 Å². The van der Waals surface area contributed by atoms with Crippen LogP contribution in [-0.4, -0.2) is 18.0 Å². The van der Waals surface area contributed by atoms with Gasteiger partial charge in [-0.3, -0.25) is 0 Å². The number of benzene rings is 1. The fraction of sp³-hybridized carbons (Fsp3) is 0.500. The van der Waals surface area contributed by atoms with Crippen molar-refractivity contribution in [3.63, 3.8) is 0 Å². The molecule has 0 saturated carbocycles. The summed E-state index contributed by atoms with van der Waals surface area (Å²) in [5.41, 5.74) is 3.42. The van der Waals surface area contributed by atoms with Crippen molar-refractivity contribution in [2.45, 2.75) is 25.2 Å². The number of hydrogen-bond donors (Lipinski definition) is 1. The van der Waals surface area contributed by atoms with Crippen LogP contribution in [0.1, 0.15) is 29.2 Å². The van der Waals surface area contributed by atoms with Gasteiger partial charge in [-0.25, -0.2) is 0 Å². The summed E-state index contributed by atoms with van der Waals surface area (Å²) in [7, 11) is 1.69. The van der Waals surface area contributed by atoms with E-state index >= 15 is 0 Å². The zero-order valence-corrected chi connectivity index (χ0v) is 9.93. The summed E-state index contributed by atoms with van der Waals surface area (Å²) in [6, 6.07) is 4.02. The first kappa shape index (κ1) is 10.8. The number of aliphatic hydroxyl groups is 1. The third kappa shape index (κ3) is 1.99. The Kier molecular flexibility index (Phi) is 3.22. The molecule has 0 amide bonds. The Hall–Kier alpha value is -0.670. The van der Waals surface area contributed by atoms with E-state index in [0.29, 0.717) is 0 Å². The first-order chi connectivity index (χ1) is 7.24. The number of methoxy groups -OCH3 is 1. The Labute approximate surface area is 94.6 Å². The standard InChI is InChI=1S/C12H16O2S/c1-8-3-4-11(14-2)9-7-15-6-5-10(13)12(8)9/h3-4,10,13H,5-7H2,1-2H3/t10-/m0/s1. The normalized spacial score (nSPS) is 20.6. The molecule has 0 radical (unpaired) electrons. The zero-order chi connectivity index (χ0) is 10.8.